The Labute approximate surface area is 320 Å². The Balaban J connectivity index is 0.000000298. The van der Waals surface area contributed by atoms with Crippen LogP contribution in [0.25, 0.3) is 12.2 Å². The van der Waals surface area contributed by atoms with Crippen LogP contribution in [0.5, 0.6) is 11.5 Å². The second-order valence-corrected chi connectivity index (χ2v) is 10.6. The van der Waals surface area contributed by atoms with Crippen LogP contribution in [0.3, 0.4) is 0 Å². The molecule has 2 atom stereocenters. The zero-order chi connectivity index (χ0) is 32.9. The Morgan fingerprint density at radius 3 is 1.65 bits per heavy atom. The summed E-state index contributed by atoms with van der Waals surface area (Å²) in [4.78, 5) is 22.8. The number of methoxy groups -OCH3 is 4. The van der Waals surface area contributed by atoms with E-state index < -0.39 is 0 Å². The number of ether oxygens (including phenoxy) is 4. The number of halogens is 5. The molecule has 244 valence electrons. The highest BCUT2D eigenvalue weighted by Gasteiger charge is 2.40. The molecule has 1 aliphatic carbocycles. The molecular formula is C35H33Cl2I3O6. The standard InChI is InChI=1S/C18H17ClO3.C17H15ClO3.I2.HI/c1-21-13-7-8-14(17(19)9-13)16-10-15(16)11-3-5-12(6-4-11)18(20)22-2;1-20-15-10-9-13(16(18)11-15)6-3-12-4-7-14(8-5-12)17(19)21-2;1-2;/h3-9,15-16H,10H2,1-2H3;3-11H,1-2H3;;1H/b;6-3+;;. The maximum absolute atomic E-state index is 11.4. The van der Waals surface area contributed by atoms with Crippen molar-refractivity contribution in [2.75, 3.05) is 28.4 Å². The number of benzene rings is 4. The van der Waals surface area contributed by atoms with Crippen LogP contribution in [-0.4, -0.2) is 40.4 Å². The van der Waals surface area contributed by atoms with E-state index in [-0.39, 0.29) is 35.9 Å². The normalized spacial score (nSPS) is 14.3. The van der Waals surface area contributed by atoms with Crippen LogP contribution in [0.15, 0.2) is 84.9 Å². The number of rotatable bonds is 8. The number of esters is 2. The molecule has 4 aromatic carbocycles. The van der Waals surface area contributed by atoms with Gasteiger partial charge in [0.2, 0.25) is 0 Å². The van der Waals surface area contributed by atoms with E-state index >= 15 is 0 Å². The molecule has 1 saturated carbocycles. The first-order valence-corrected chi connectivity index (χ1v) is 20.7. The number of carbonyl (C=O) groups is 2. The van der Waals surface area contributed by atoms with E-state index in [4.69, 9.17) is 37.4 Å². The summed E-state index contributed by atoms with van der Waals surface area (Å²) in [7, 11) is 5.98. The molecule has 4 aromatic rings. The monoisotopic (exact) mass is 1000 g/mol. The van der Waals surface area contributed by atoms with Crippen LogP contribution < -0.4 is 9.47 Å². The molecule has 2 unspecified atom stereocenters. The molecule has 6 nitrogen and oxygen atoms in total. The van der Waals surface area contributed by atoms with Crippen LogP contribution in [0.4, 0.5) is 0 Å². The predicted octanol–water partition coefficient (Wildman–Crippen LogP) is 11.1. The largest absolute Gasteiger partial charge is 0.497 e. The molecule has 0 heterocycles. The quantitative estimate of drug-likeness (QED) is 0.0995. The first-order chi connectivity index (χ1) is 21.8. The maximum atomic E-state index is 11.4. The zero-order valence-corrected chi connectivity index (χ0v) is 33.6. The van der Waals surface area contributed by atoms with Gasteiger partial charge in [0.1, 0.15) is 11.5 Å². The van der Waals surface area contributed by atoms with Crippen molar-refractivity contribution in [2.24, 2.45) is 0 Å². The van der Waals surface area contributed by atoms with Gasteiger partial charge in [-0.3, -0.25) is 0 Å². The summed E-state index contributed by atoms with van der Waals surface area (Å²) < 4.78 is 19.7. The molecule has 11 heteroatoms. The Kier molecular flexibility index (Phi) is 17.7. The summed E-state index contributed by atoms with van der Waals surface area (Å²) in [5.41, 5.74) is 5.35. The van der Waals surface area contributed by atoms with Crippen LogP contribution in [0.1, 0.15) is 61.2 Å². The summed E-state index contributed by atoms with van der Waals surface area (Å²) in [5, 5.41) is 1.37. The topological polar surface area (TPSA) is 71.1 Å². The number of carbonyl (C=O) groups excluding carboxylic acids is 2. The molecule has 0 aliphatic heterocycles. The molecular weight excluding hydrogens is 968 g/mol. The van der Waals surface area contributed by atoms with E-state index in [0.717, 1.165) is 39.6 Å². The fourth-order valence-corrected chi connectivity index (χ4v) is 5.18. The van der Waals surface area contributed by atoms with E-state index in [1.54, 1.807) is 32.4 Å². The van der Waals surface area contributed by atoms with E-state index in [9.17, 15) is 9.59 Å². The molecule has 0 radical (unpaired) electrons. The van der Waals surface area contributed by atoms with Gasteiger partial charge in [0, 0.05) is 42.3 Å². The molecule has 1 aliphatic rings. The first-order valence-electron chi connectivity index (χ1n) is 13.6. The van der Waals surface area contributed by atoms with E-state index in [2.05, 4.69) is 42.0 Å². The number of hydrogen-bond donors (Lipinski definition) is 0. The predicted molar refractivity (Wildman–Crippen MR) is 214 cm³/mol. The average Bonchev–Trinajstić information content (AvgIpc) is 3.89. The van der Waals surface area contributed by atoms with Crippen molar-refractivity contribution in [1.29, 1.82) is 0 Å². The minimum Gasteiger partial charge on any atom is -0.497 e. The molecule has 0 aromatic heterocycles. The van der Waals surface area contributed by atoms with E-state index in [0.29, 0.717) is 28.0 Å². The maximum Gasteiger partial charge on any atom is 0.337 e. The van der Waals surface area contributed by atoms with Gasteiger partial charge in [-0.05, 0) is 95.1 Å². The molecule has 0 spiro atoms. The highest BCUT2D eigenvalue weighted by molar-refractivity contribution is 15.0. The Morgan fingerprint density at radius 2 is 1.17 bits per heavy atom. The number of hydrogen-bond acceptors (Lipinski definition) is 6. The highest BCUT2D eigenvalue weighted by Crippen LogP contribution is 2.56. The summed E-state index contributed by atoms with van der Waals surface area (Å²) in [5.74, 6) is 1.73. The van der Waals surface area contributed by atoms with Gasteiger partial charge in [0.05, 0.1) is 44.6 Å². The van der Waals surface area contributed by atoms with E-state index in [1.165, 1.54) is 19.8 Å². The second kappa shape index (κ2) is 20.3. The summed E-state index contributed by atoms with van der Waals surface area (Å²) in [6.07, 6.45) is 4.91. The first kappa shape index (κ1) is 40.1. The lowest BCUT2D eigenvalue weighted by atomic mass is 10.0. The molecule has 0 saturated heterocycles. The van der Waals surface area contributed by atoms with Gasteiger partial charge in [-0.25, -0.2) is 9.59 Å². The van der Waals surface area contributed by atoms with Gasteiger partial charge in [0.15, 0.2) is 0 Å². The third-order valence-corrected chi connectivity index (χ3v) is 7.81. The lowest BCUT2D eigenvalue weighted by molar-refractivity contribution is 0.0592. The van der Waals surface area contributed by atoms with Gasteiger partial charge in [-0.1, -0.05) is 65.7 Å². The third kappa shape index (κ3) is 11.3. The Hall–Kier alpha value is -2.07. The van der Waals surface area contributed by atoms with E-state index in [1.807, 2.05) is 78.9 Å². The van der Waals surface area contributed by atoms with Crippen molar-refractivity contribution in [3.63, 3.8) is 0 Å². The average molecular weight is 1000 g/mol. The molecule has 1 fully saturated rings. The van der Waals surface area contributed by atoms with Gasteiger partial charge < -0.3 is 18.9 Å². The van der Waals surface area contributed by atoms with Crippen LogP contribution in [0, 0.1) is 0 Å². The third-order valence-electron chi connectivity index (χ3n) is 7.15. The second-order valence-electron chi connectivity index (χ2n) is 9.78. The van der Waals surface area contributed by atoms with Crippen molar-refractivity contribution in [3.8, 4) is 11.5 Å². The van der Waals surface area contributed by atoms with Gasteiger partial charge >= 0.3 is 11.9 Å². The molecule has 5 rings (SSSR count). The fourth-order valence-electron chi connectivity index (χ4n) is 4.63. The summed E-state index contributed by atoms with van der Waals surface area (Å²) in [6.45, 7) is 0. The van der Waals surface area contributed by atoms with Crippen molar-refractivity contribution in [3.05, 3.63) is 128 Å². The summed E-state index contributed by atoms with van der Waals surface area (Å²) in [6, 6.07) is 26.1. The molecule has 0 N–H and O–H groups in total. The van der Waals surface area contributed by atoms with Gasteiger partial charge in [-0.2, -0.15) is 0 Å². The SMILES string of the molecule is COC(=O)c1ccc(/C=C/c2ccc(OC)cc2Cl)cc1.COC(=O)c1ccc(C2CC2c2ccc(OC)cc2Cl)cc1.I.II. The van der Waals surface area contributed by atoms with Crippen LogP contribution >= 0.6 is 84.4 Å². The molecule has 46 heavy (non-hydrogen) atoms. The van der Waals surface area contributed by atoms with Crippen molar-refractivity contribution < 1.29 is 28.5 Å². The highest BCUT2D eigenvalue weighted by atomic mass is 128. The molecule has 0 bridgehead atoms. The van der Waals surface area contributed by atoms with Crippen molar-refractivity contribution >= 4 is 109 Å². The van der Waals surface area contributed by atoms with Crippen LogP contribution in [-0.2, 0) is 9.47 Å². The molecule has 0 amide bonds. The van der Waals surface area contributed by atoms with Gasteiger partial charge in [-0.15, -0.1) is 24.0 Å². The lowest BCUT2D eigenvalue weighted by Gasteiger charge is -2.07. The van der Waals surface area contributed by atoms with Gasteiger partial charge in [0.25, 0.3) is 0 Å². The smallest absolute Gasteiger partial charge is 0.337 e. The zero-order valence-electron chi connectivity index (χ0n) is 25.5. The summed E-state index contributed by atoms with van der Waals surface area (Å²) >= 11 is 16.7. The fraction of sp³-hybridized carbons (Fsp3) is 0.200. The Bertz CT molecular complexity index is 1610. The van der Waals surface area contributed by atoms with Crippen LogP contribution in [0.2, 0.25) is 10.0 Å². The van der Waals surface area contributed by atoms with Crippen molar-refractivity contribution in [2.45, 2.75) is 18.3 Å². The minimum absolute atomic E-state index is 0. The minimum atomic E-state index is -0.344. The Morgan fingerprint density at radius 1 is 0.674 bits per heavy atom. The van der Waals surface area contributed by atoms with Crippen molar-refractivity contribution in [1.82, 2.24) is 0 Å². The lowest BCUT2D eigenvalue weighted by Crippen LogP contribution is -2.00.